The zero-order valence-electron chi connectivity index (χ0n) is 9.39. The van der Waals surface area contributed by atoms with Crippen LogP contribution in [0.5, 0.6) is 0 Å². The van der Waals surface area contributed by atoms with Crippen molar-refractivity contribution in [3.8, 4) is 6.07 Å². The van der Waals surface area contributed by atoms with Crippen molar-refractivity contribution in [3.05, 3.63) is 29.8 Å². The summed E-state index contributed by atoms with van der Waals surface area (Å²) in [5, 5.41) is 12.1. The summed E-state index contributed by atoms with van der Waals surface area (Å²) in [6.45, 7) is 0.609. The third-order valence-corrected chi connectivity index (χ3v) is 4.79. The summed E-state index contributed by atoms with van der Waals surface area (Å²) in [5.41, 5.74) is 1.37. The lowest BCUT2D eigenvalue weighted by atomic mass is 10.1. The predicted octanol–water partition coefficient (Wildman–Crippen LogP) is 1.40. The van der Waals surface area contributed by atoms with E-state index in [9.17, 15) is 8.42 Å². The minimum absolute atomic E-state index is 0.159. The molecule has 1 N–H and O–H groups in total. The van der Waals surface area contributed by atoms with Gasteiger partial charge in [-0.05, 0) is 24.5 Å². The molecule has 0 radical (unpaired) electrons. The second-order valence-electron chi connectivity index (χ2n) is 4.31. The Bertz CT molecular complexity index is 546. The van der Waals surface area contributed by atoms with Crippen molar-refractivity contribution in [2.75, 3.05) is 23.4 Å². The number of nitriles is 1. The fourth-order valence-corrected chi connectivity index (χ4v) is 3.88. The molecule has 1 saturated heterocycles. The van der Waals surface area contributed by atoms with Crippen molar-refractivity contribution < 1.29 is 8.42 Å². The van der Waals surface area contributed by atoms with Crippen LogP contribution in [0.4, 0.5) is 5.69 Å². The normalized spacial score (nSPS) is 21.9. The molecular weight excluding hydrogens is 236 g/mol. The Balaban J connectivity index is 1.97. The zero-order chi connectivity index (χ0) is 12.3. The van der Waals surface area contributed by atoms with E-state index in [1.165, 1.54) is 0 Å². The highest BCUT2D eigenvalue weighted by molar-refractivity contribution is 7.91. The average Bonchev–Trinajstić information content (AvgIpc) is 2.67. The van der Waals surface area contributed by atoms with Crippen molar-refractivity contribution in [2.24, 2.45) is 5.92 Å². The van der Waals surface area contributed by atoms with Crippen molar-refractivity contribution in [3.63, 3.8) is 0 Å². The number of sulfone groups is 1. The summed E-state index contributed by atoms with van der Waals surface area (Å²) in [7, 11) is -2.82. The summed E-state index contributed by atoms with van der Waals surface area (Å²) >= 11 is 0. The molecule has 1 unspecified atom stereocenters. The van der Waals surface area contributed by atoms with Gasteiger partial charge in [-0.3, -0.25) is 0 Å². The second kappa shape index (κ2) is 4.76. The molecule has 1 aliphatic rings. The molecular formula is C12H14N2O2S. The Morgan fingerprint density at radius 3 is 2.82 bits per heavy atom. The van der Waals surface area contributed by atoms with E-state index < -0.39 is 9.84 Å². The molecule has 0 aromatic heterocycles. The lowest BCUT2D eigenvalue weighted by molar-refractivity contribution is 0.596. The number of nitrogens with one attached hydrogen (secondary N) is 1. The predicted molar refractivity (Wildman–Crippen MR) is 66.4 cm³/mol. The van der Waals surface area contributed by atoms with Gasteiger partial charge < -0.3 is 5.32 Å². The zero-order valence-corrected chi connectivity index (χ0v) is 10.2. The van der Waals surface area contributed by atoms with Gasteiger partial charge >= 0.3 is 0 Å². The van der Waals surface area contributed by atoms with E-state index in [-0.39, 0.29) is 11.7 Å². The summed E-state index contributed by atoms with van der Waals surface area (Å²) in [5.74, 6) is 0.709. The Morgan fingerprint density at radius 1 is 1.41 bits per heavy atom. The maximum Gasteiger partial charge on any atom is 0.150 e. The fourth-order valence-electron chi connectivity index (χ4n) is 2.02. The molecule has 0 aliphatic carbocycles. The fraction of sp³-hybridized carbons (Fsp3) is 0.417. The molecule has 1 fully saturated rings. The van der Waals surface area contributed by atoms with Gasteiger partial charge in [0.15, 0.2) is 9.84 Å². The highest BCUT2D eigenvalue weighted by Gasteiger charge is 2.27. The van der Waals surface area contributed by atoms with E-state index in [0.717, 1.165) is 5.69 Å². The Labute approximate surface area is 101 Å². The molecule has 4 nitrogen and oxygen atoms in total. The molecule has 5 heteroatoms. The molecule has 1 aliphatic heterocycles. The number of benzene rings is 1. The Morgan fingerprint density at radius 2 is 2.18 bits per heavy atom. The van der Waals surface area contributed by atoms with E-state index in [0.29, 0.717) is 24.3 Å². The molecule has 1 aromatic carbocycles. The molecule has 0 spiro atoms. The molecule has 0 amide bonds. The average molecular weight is 250 g/mol. The van der Waals surface area contributed by atoms with Crippen molar-refractivity contribution in [1.82, 2.24) is 0 Å². The number of hydrogen-bond acceptors (Lipinski definition) is 4. The lowest BCUT2D eigenvalue weighted by Crippen LogP contribution is -2.16. The first-order valence-corrected chi connectivity index (χ1v) is 7.36. The van der Waals surface area contributed by atoms with Crippen LogP contribution in [0.1, 0.15) is 12.0 Å². The first-order valence-electron chi connectivity index (χ1n) is 5.54. The minimum Gasteiger partial charge on any atom is -0.384 e. The number of rotatable bonds is 3. The second-order valence-corrected chi connectivity index (χ2v) is 6.54. The number of anilines is 1. The van der Waals surface area contributed by atoms with Crippen molar-refractivity contribution >= 4 is 15.5 Å². The topological polar surface area (TPSA) is 70.0 Å². The Hall–Kier alpha value is -1.54. The third-order valence-electron chi connectivity index (χ3n) is 2.96. The Kier molecular flexibility index (Phi) is 3.34. The van der Waals surface area contributed by atoms with Crippen LogP contribution in [0.3, 0.4) is 0 Å². The van der Waals surface area contributed by atoms with Crippen LogP contribution in [0.15, 0.2) is 24.3 Å². The van der Waals surface area contributed by atoms with Crippen LogP contribution in [0, 0.1) is 17.2 Å². The summed E-state index contributed by atoms with van der Waals surface area (Å²) < 4.78 is 22.6. The molecule has 1 aromatic rings. The number of nitrogens with zero attached hydrogens (tertiary/aromatic N) is 1. The van der Waals surface area contributed by atoms with Crippen LogP contribution in [-0.2, 0) is 9.84 Å². The molecule has 2 rings (SSSR count). The highest BCUT2D eigenvalue weighted by Crippen LogP contribution is 2.20. The highest BCUT2D eigenvalue weighted by atomic mass is 32.2. The lowest BCUT2D eigenvalue weighted by Gasteiger charge is -2.11. The standard InChI is InChI=1S/C12H14N2O2S/c13-7-11-3-1-2-4-12(11)14-8-10-5-6-17(15,16)9-10/h1-4,10,14H,5-6,8-9H2. The van der Waals surface area contributed by atoms with Crippen LogP contribution < -0.4 is 5.32 Å². The van der Waals surface area contributed by atoms with Crippen LogP contribution >= 0.6 is 0 Å². The summed E-state index contributed by atoms with van der Waals surface area (Å²) in [6.07, 6.45) is 0.712. The van der Waals surface area contributed by atoms with Gasteiger partial charge in [-0.15, -0.1) is 0 Å². The van der Waals surface area contributed by atoms with Gasteiger partial charge in [0.05, 0.1) is 22.8 Å². The molecule has 1 heterocycles. The minimum atomic E-state index is -2.82. The molecule has 0 saturated carbocycles. The van der Waals surface area contributed by atoms with Gasteiger partial charge in [0, 0.05) is 6.54 Å². The molecule has 17 heavy (non-hydrogen) atoms. The summed E-state index contributed by atoms with van der Waals surface area (Å²) in [4.78, 5) is 0. The summed E-state index contributed by atoms with van der Waals surface area (Å²) in [6, 6.07) is 9.35. The largest absolute Gasteiger partial charge is 0.384 e. The smallest absolute Gasteiger partial charge is 0.150 e. The van der Waals surface area contributed by atoms with Gasteiger partial charge in [-0.2, -0.15) is 5.26 Å². The maximum atomic E-state index is 11.3. The van der Waals surface area contributed by atoms with Crippen molar-refractivity contribution in [2.45, 2.75) is 6.42 Å². The quantitative estimate of drug-likeness (QED) is 0.880. The van der Waals surface area contributed by atoms with Crippen molar-refractivity contribution in [1.29, 1.82) is 5.26 Å². The van der Waals surface area contributed by atoms with E-state index in [1.54, 1.807) is 6.07 Å². The monoisotopic (exact) mass is 250 g/mol. The number of para-hydroxylation sites is 1. The van der Waals surface area contributed by atoms with E-state index in [2.05, 4.69) is 11.4 Å². The molecule has 0 bridgehead atoms. The van der Waals surface area contributed by atoms with Crippen LogP contribution in [0.2, 0.25) is 0 Å². The first-order chi connectivity index (χ1) is 8.11. The first kappa shape index (κ1) is 11.9. The van der Waals surface area contributed by atoms with Crippen LogP contribution in [-0.4, -0.2) is 26.5 Å². The van der Waals surface area contributed by atoms with Gasteiger partial charge in [0.25, 0.3) is 0 Å². The maximum absolute atomic E-state index is 11.3. The van der Waals surface area contributed by atoms with Gasteiger partial charge in [-0.1, -0.05) is 12.1 Å². The van der Waals surface area contributed by atoms with Gasteiger partial charge in [0.1, 0.15) is 6.07 Å². The van der Waals surface area contributed by atoms with E-state index in [4.69, 9.17) is 5.26 Å². The number of hydrogen-bond donors (Lipinski definition) is 1. The van der Waals surface area contributed by atoms with E-state index in [1.807, 2.05) is 18.2 Å². The molecule has 1 atom stereocenters. The van der Waals surface area contributed by atoms with Crippen LogP contribution in [0.25, 0.3) is 0 Å². The third kappa shape index (κ3) is 2.98. The van der Waals surface area contributed by atoms with E-state index >= 15 is 0 Å². The SMILES string of the molecule is N#Cc1ccccc1NCC1CCS(=O)(=O)C1. The van der Waals surface area contributed by atoms with Gasteiger partial charge in [0.2, 0.25) is 0 Å². The van der Waals surface area contributed by atoms with Gasteiger partial charge in [-0.25, -0.2) is 8.42 Å². The molecule has 90 valence electrons.